The number of carboxylic acids is 1. The third-order valence-electron chi connectivity index (χ3n) is 3.14. The van der Waals surface area contributed by atoms with E-state index in [1.165, 1.54) is 24.3 Å². The monoisotopic (exact) mass is 300 g/mol. The zero-order valence-electron chi connectivity index (χ0n) is 11.9. The first-order valence-electron chi connectivity index (χ1n) is 6.38. The largest absolute Gasteiger partial charge is 0.478 e. The van der Waals surface area contributed by atoms with Gasteiger partial charge < -0.3 is 9.84 Å². The summed E-state index contributed by atoms with van der Waals surface area (Å²) in [5.74, 6) is -1.31. The maximum absolute atomic E-state index is 12.1. The summed E-state index contributed by atoms with van der Waals surface area (Å²) < 4.78 is 29.7. The van der Waals surface area contributed by atoms with Crippen LogP contribution in [0.3, 0.4) is 0 Å². The number of ether oxygens (including phenoxy) is 1. The summed E-state index contributed by atoms with van der Waals surface area (Å²) in [6, 6.07) is 5.35. The van der Waals surface area contributed by atoms with Gasteiger partial charge in [-0.25, -0.2) is 13.2 Å². The summed E-state index contributed by atoms with van der Waals surface area (Å²) in [5.41, 5.74) is -0.404. The minimum atomic E-state index is -3.54. The zero-order valence-corrected chi connectivity index (χ0v) is 12.7. The molecule has 1 N–H and O–H groups in total. The first-order valence-corrected chi connectivity index (χ1v) is 8.03. The fraction of sp³-hybridized carbons (Fsp3) is 0.500. The number of aromatic carboxylic acids is 1. The Balaban J connectivity index is 2.79. The van der Waals surface area contributed by atoms with E-state index in [1.807, 2.05) is 20.8 Å². The van der Waals surface area contributed by atoms with Crippen molar-refractivity contribution in [1.29, 1.82) is 0 Å². The molecule has 0 heterocycles. The third kappa shape index (κ3) is 4.61. The van der Waals surface area contributed by atoms with Crippen LogP contribution in [-0.2, 0) is 14.6 Å². The topological polar surface area (TPSA) is 80.7 Å². The molecule has 6 heteroatoms. The van der Waals surface area contributed by atoms with Gasteiger partial charge in [0.25, 0.3) is 0 Å². The van der Waals surface area contributed by atoms with Gasteiger partial charge in [-0.2, -0.15) is 0 Å². The van der Waals surface area contributed by atoms with E-state index < -0.39 is 15.8 Å². The molecule has 0 bridgehead atoms. The normalized spacial score (nSPS) is 12.3. The molecule has 1 rings (SSSR count). The summed E-state index contributed by atoms with van der Waals surface area (Å²) in [6.07, 6.45) is 0.779. The fourth-order valence-electron chi connectivity index (χ4n) is 1.47. The second-order valence-electron chi connectivity index (χ2n) is 5.11. The van der Waals surface area contributed by atoms with Gasteiger partial charge in [-0.05, 0) is 38.5 Å². The Labute approximate surface area is 119 Å². The minimum absolute atomic E-state index is 0.00954. The Bertz CT molecular complexity index is 575. The summed E-state index contributed by atoms with van der Waals surface area (Å²) in [6.45, 7) is 5.83. The molecule has 0 radical (unpaired) electrons. The van der Waals surface area contributed by atoms with Crippen molar-refractivity contribution in [1.82, 2.24) is 0 Å². The molecule has 0 spiro atoms. The predicted molar refractivity (Wildman–Crippen MR) is 75.8 cm³/mol. The van der Waals surface area contributed by atoms with Gasteiger partial charge in [0.15, 0.2) is 9.84 Å². The lowest BCUT2D eigenvalue weighted by Gasteiger charge is -2.23. The molecule has 20 heavy (non-hydrogen) atoms. The van der Waals surface area contributed by atoms with E-state index in [1.54, 1.807) is 0 Å². The number of hydrogen-bond donors (Lipinski definition) is 1. The Morgan fingerprint density at radius 1 is 1.35 bits per heavy atom. The van der Waals surface area contributed by atoms with Gasteiger partial charge in [0.05, 0.1) is 28.4 Å². The van der Waals surface area contributed by atoms with Crippen molar-refractivity contribution >= 4 is 15.8 Å². The number of benzene rings is 1. The lowest BCUT2D eigenvalue weighted by Crippen LogP contribution is -2.26. The van der Waals surface area contributed by atoms with Crippen LogP contribution in [-0.4, -0.2) is 37.5 Å². The van der Waals surface area contributed by atoms with Crippen molar-refractivity contribution in [3.8, 4) is 0 Å². The standard InChI is InChI=1S/C14H20O5S/c1-4-14(2,3)19-8-9-20(17,18)12-7-5-6-11(10-12)13(15)16/h5-7,10H,4,8-9H2,1-3H3,(H,15,16). The predicted octanol–water partition coefficient (Wildman–Crippen LogP) is 2.36. The van der Waals surface area contributed by atoms with Crippen LogP contribution in [0.5, 0.6) is 0 Å². The maximum atomic E-state index is 12.1. The van der Waals surface area contributed by atoms with E-state index in [0.717, 1.165) is 6.42 Å². The van der Waals surface area contributed by atoms with Crippen LogP contribution in [0, 0.1) is 0 Å². The van der Waals surface area contributed by atoms with Crippen molar-refractivity contribution < 1.29 is 23.1 Å². The molecule has 1 aromatic carbocycles. The maximum Gasteiger partial charge on any atom is 0.335 e. The summed E-state index contributed by atoms with van der Waals surface area (Å²) in [5, 5.41) is 8.87. The van der Waals surface area contributed by atoms with Crippen LogP contribution in [0.4, 0.5) is 0 Å². The van der Waals surface area contributed by atoms with Gasteiger partial charge in [-0.3, -0.25) is 0 Å². The second kappa shape index (κ2) is 6.37. The zero-order chi connectivity index (χ0) is 15.4. The van der Waals surface area contributed by atoms with Crippen LogP contribution < -0.4 is 0 Å². The highest BCUT2D eigenvalue weighted by Crippen LogP contribution is 2.16. The molecule has 0 aliphatic heterocycles. The van der Waals surface area contributed by atoms with Crippen LogP contribution in [0.2, 0.25) is 0 Å². The van der Waals surface area contributed by atoms with Crippen molar-refractivity contribution in [2.75, 3.05) is 12.4 Å². The number of carbonyl (C=O) groups is 1. The van der Waals surface area contributed by atoms with E-state index in [2.05, 4.69) is 0 Å². The molecule has 5 nitrogen and oxygen atoms in total. The molecular weight excluding hydrogens is 280 g/mol. The van der Waals surface area contributed by atoms with Gasteiger partial charge >= 0.3 is 5.97 Å². The van der Waals surface area contributed by atoms with Crippen molar-refractivity contribution in [3.63, 3.8) is 0 Å². The molecule has 0 saturated carbocycles. The van der Waals surface area contributed by atoms with Gasteiger partial charge in [-0.1, -0.05) is 13.0 Å². The van der Waals surface area contributed by atoms with Crippen molar-refractivity contribution in [3.05, 3.63) is 29.8 Å². The average Bonchev–Trinajstić information content (AvgIpc) is 2.38. The summed E-state index contributed by atoms with van der Waals surface area (Å²) in [7, 11) is -3.54. The fourth-order valence-corrected chi connectivity index (χ4v) is 2.60. The molecule has 112 valence electrons. The highest BCUT2D eigenvalue weighted by molar-refractivity contribution is 7.91. The first kappa shape index (κ1) is 16.7. The van der Waals surface area contributed by atoms with Crippen molar-refractivity contribution in [2.45, 2.75) is 37.7 Å². The van der Waals surface area contributed by atoms with E-state index in [9.17, 15) is 13.2 Å². The number of carboxylic acid groups (broad SMARTS) is 1. The minimum Gasteiger partial charge on any atom is -0.478 e. The summed E-state index contributed by atoms with van der Waals surface area (Å²) in [4.78, 5) is 10.9. The highest BCUT2D eigenvalue weighted by Gasteiger charge is 2.20. The summed E-state index contributed by atoms with van der Waals surface area (Å²) >= 11 is 0. The molecule has 0 saturated heterocycles. The van der Waals surface area contributed by atoms with E-state index in [4.69, 9.17) is 9.84 Å². The lowest BCUT2D eigenvalue weighted by atomic mass is 10.1. The van der Waals surface area contributed by atoms with Crippen LogP contribution >= 0.6 is 0 Å². The molecule has 0 aliphatic carbocycles. The highest BCUT2D eigenvalue weighted by atomic mass is 32.2. The van der Waals surface area contributed by atoms with Crippen LogP contribution in [0.1, 0.15) is 37.6 Å². The van der Waals surface area contributed by atoms with Gasteiger partial charge in [0, 0.05) is 0 Å². The third-order valence-corrected chi connectivity index (χ3v) is 4.81. The van der Waals surface area contributed by atoms with E-state index >= 15 is 0 Å². The molecule has 0 amide bonds. The number of rotatable bonds is 7. The second-order valence-corrected chi connectivity index (χ2v) is 7.22. The van der Waals surface area contributed by atoms with E-state index in [0.29, 0.717) is 0 Å². The van der Waals surface area contributed by atoms with Crippen molar-refractivity contribution in [2.24, 2.45) is 0 Å². The van der Waals surface area contributed by atoms with Gasteiger partial charge in [0.1, 0.15) is 0 Å². The molecule has 0 unspecified atom stereocenters. The molecule has 0 atom stereocenters. The van der Waals surface area contributed by atoms with Gasteiger partial charge in [0.2, 0.25) is 0 Å². The van der Waals surface area contributed by atoms with Crippen LogP contribution in [0.15, 0.2) is 29.2 Å². The first-order chi connectivity index (χ1) is 9.18. The molecular formula is C14H20O5S. The van der Waals surface area contributed by atoms with Gasteiger partial charge in [-0.15, -0.1) is 0 Å². The lowest BCUT2D eigenvalue weighted by molar-refractivity contribution is -0.0114. The Morgan fingerprint density at radius 3 is 2.55 bits per heavy atom. The quantitative estimate of drug-likeness (QED) is 0.836. The number of hydrogen-bond acceptors (Lipinski definition) is 4. The van der Waals surface area contributed by atoms with E-state index in [-0.39, 0.29) is 28.4 Å². The molecule has 0 aromatic heterocycles. The smallest absolute Gasteiger partial charge is 0.335 e. The Hall–Kier alpha value is -1.40. The number of sulfone groups is 1. The molecule has 0 fully saturated rings. The Morgan fingerprint density at radius 2 is 2.00 bits per heavy atom. The average molecular weight is 300 g/mol. The van der Waals surface area contributed by atoms with Crippen LogP contribution in [0.25, 0.3) is 0 Å². The molecule has 0 aliphatic rings. The SMILES string of the molecule is CCC(C)(C)OCCS(=O)(=O)c1cccc(C(=O)O)c1. The molecule has 1 aromatic rings. The Kier molecular flexibility index (Phi) is 5.30.